The van der Waals surface area contributed by atoms with Crippen LogP contribution in [0.2, 0.25) is 0 Å². The molecule has 6 heteroatoms. The summed E-state index contributed by atoms with van der Waals surface area (Å²) in [6.45, 7) is 3.38. The highest BCUT2D eigenvalue weighted by atomic mass is 32.1. The number of nitrogens with zero attached hydrogens (tertiary/aromatic N) is 2. The molecule has 118 valence electrons. The van der Waals surface area contributed by atoms with Crippen LogP contribution >= 0.6 is 11.3 Å². The summed E-state index contributed by atoms with van der Waals surface area (Å²) in [5.41, 5.74) is 7.18. The summed E-state index contributed by atoms with van der Waals surface area (Å²) in [4.78, 5) is 10.6. The van der Waals surface area contributed by atoms with Crippen molar-refractivity contribution in [1.29, 1.82) is 0 Å². The second kappa shape index (κ2) is 8.34. The molecule has 1 atom stereocenters. The number of ether oxygens (including phenoxy) is 1. The summed E-state index contributed by atoms with van der Waals surface area (Å²) < 4.78 is 5.05. The van der Waals surface area contributed by atoms with Crippen molar-refractivity contribution in [2.75, 3.05) is 20.3 Å². The highest BCUT2D eigenvalue weighted by Gasteiger charge is 2.14. The number of fused-ring (bicyclic) bond motifs is 1. The van der Waals surface area contributed by atoms with Crippen LogP contribution in [0.5, 0.6) is 0 Å². The van der Waals surface area contributed by atoms with Crippen molar-refractivity contribution in [2.24, 2.45) is 10.7 Å². The van der Waals surface area contributed by atoms with E-state index in [1.807, 2.05) is 18.3 Å². The molecule has 1 aliphatic rings. The summed E-state index contributed by atoms with van der Waals surface area (Å²) in [5.74, 6) is 0.498. The Morgan fingerprint density at radius 2 is 2.29 bits per heavy atom. The lowest BCUT2D eigenvalue weighted by molar-refractivity contribution is 0.179. The van der Waals surface area contributed by atoms with Gasteiger partial charge in [-0.2, -0.15) is 0 Å². The van der Waals surface area contributed by atoms with E-state index in [4.69, 9.17) is 15.5 Å². The first-order chi connectivity index (χ1) is 10.2. The van der Waals surface area contributed by atoms with Gasteiger partial charge in [0.05, 0.1) is 17.3 Å². The van der Waals surface area contributed by atoms with Crippen LogP contribution in [-0.2, 0) is 24.0 Å². The van der Waals surface area contributed by atoms with Crippen LogP contribution in [0.1, 0.15) is 41.8 Å². The second-order valence-corrected chi connectivity index (χ2v) is 6.72. The SMILES string of the molecule is COCC(C)NC(N)=NCCCc1nc2c(s1)CCCC2. The number of thiazole rings is 1. The third kappa shape index (κ3) is 5.28. The predicted octanol–water partition coefficient (Wildman–Crippen LogP) is 1.89. The molecule has 0 aromatic carbocycles. The van der Waals surface area contributed by atoms with Crippen molar-refractivity contribution in [3.8, 4) is 0 Å². The monoisotopic (exact) mass is 310 g/mol. The van der Waals surface area contributed by atoms with Gasteiger partial charge in [0.25, 0.3) is 0 Å². The maximum absolute atomic E-state index is 5.83. The lowest BCUT2D eigenvalue weighted by Crippen LogP contribution is -2.40. The number of aliphatic imine (C=N–C) groups is 1. The van der Waals surface area contributed by atoms with Crippen molar-refractivity contribution >= 4 is 17.3 Å². The summed E-state index contributed by atoms with van der Waals surface area (Å²) >= 11 is 1.89. The van der Waals surface area contributed by atoms with Crippen LogP contribution in [0.15, 0.2) is 4.99 Å². The average molecular weight is 310 g/mol. The normalized spacial score (nSPS) is 16.6. The van der Waals surface area contributed by atoms with Crippen molar-refractivity contribution in [1.82, 2.24) is 10.3 Å². The molecule has 2 rings (SSSR count). The first-order valence-corrected chi connectivity index (χ1v) is 8.53. The van der Waals surface area contributed by atoms with Gasteiger partial charge in [0.1, 0.15) is 0 Å². The lowest BCUT2D eigenvalue weighted by Gasteiger charge is -2.12. The minimum atomic E-state index is 0.185. The van der Waals surface area contributed by atoms with Crippen LogP contribution in [0.3, 0.4) is 0 Å². The van der Waals surface area contributed by atoms with E-state index < -0.39 is 0 Å². The van der Waals surface area contributed by atoms with E-state index in [0.29, 0.717) is 12.6 Å². The minimum absolute atomic E-state index is 0.185. The van der Waals surface area contributed by atoms with Gasteiger partial charge >= 0.3 is 0 Å². The average Bonchev–Trinajstić information content (AvgIpc) is 2.86. The maximum atomic E-state index is 5.83. The first-order valence-electron chi connectivity index (χ1n) is 7.72. The van der Waals surface area contributed by atoms with E-state index in [1.54, 1.807) is 7.11 Å². The number of aromatic nitrogens is 1. The Labute approximate surface area is 131 Å². The molecular weight excluding hydrogens is 284 g/mol. The highest BCUT2D eigenvalue weighted by Crippen LogP contribution is 2.27. The third-order valence-corrected chi connectivity index (χ3v) is 4.75. The lowest BCUT2D eigenvalue weighted by atomic mass is 10.0. The Kier molecular flexibility index (Phi) is 6.45. The summed E-state index contributed by atoms with van der Waals surface area (Å²) in [6, 6.07) is 0.185. The van der Waals surface area contributed by atoms with Gasteiger partial charge in [-0.25, -0.2) is 4.98 Å². The van der Waals surface area contributed by atoms with Crippen LogP contribution in [0, 0.1) is 0 Å². The molecule has 1 aliphatic carbocycles. The predicted molar refractivity (Wildman–Crippen MR) is 88.0 cm³/mol. The maximum Gasteiger partial charge on any atom is 0.188 e. The Hall–Kier alpha value is -1.14. The number of nitrogens with one attached hydrogen (secondary N) is 1. The molecule has 0 saturated carbocycles. The van der Waals surface area contributed by atoms with Gasteiger partial charge < -0.3 is 15.8 Å². The molecule has 21 heavy (non-hydrogen) atoms. The molecule has 0 amide bonds. The van der Waals surface area contributed by atoms with Crippen LogP contribution in [0.25, 0.3) is 0 Å². The molecule has 0 spiro atoms. The summed E-state index contributed by atoms with van der Waals surface area (Å²) in [7, 11) is 1.68. The van der Waals surface area contributed by atoms with Gasteiger partial charge in [-0.15, -0.1) is 11.3 Å². The Bertz CT molecular complexity index is 449. The summed E-state index contributed by atoms with van der Waals surface area (Å²) in [6.07, 6.45) is 7.00. The zero-order valence-electron chi connectivity index (χ0n) is 13.0. The molecule has 5 nitrogen and oxygen atoms in total. The summed E-state index contributed by atoms with van der Waals surface area (Å²) in [5, 5.41) is 4.37. The topological polar surface area (TPSA) is 72.5 Å². The van der Waals surface area contributed by atoms with E-state index in [9.17, 15) is 0 Å². The van der Waals surface area contributed by atoms with Gasteiger partial charge in [-0.3, -0.25) is 4.99 Å². The van der Waals surface area contributed by atoms with E-state index >= 15 is 0 Å². The first kappa shape index (κ1) is 16.2. The number of hydrogen-bond donors (Lipinski definition) is 2. The number of methoxy groups -OCH3 is 1. The third-order valence-electron chi connectivity index (χ3n) is 3.53. The molecule has 1 unspecified atom stereocenters. The number of aryl methyl sites for hydroxylation is 3. The van der Waals surface area contributed by atoms with Crippen LogP contribution in [0.4, 0.5) is 0 Å². The molecule has 0 saturated heterocycles. The van der Waals surface area contributed by atoms with Gasteiger partial charge in [-0.05, 0) is 39.0 Å². The number of nitrogens with two attached hydrogens (primary N) is 1. The Morgan fingerprint density at radius 3 is 3.05 bits per heavy atom. The fourth-order valence-corrected chi connectivity index (χ4v) is 3.73. The fourth-order valence-electron chi connectivity index (χ4n) is 2.53. The van der Waals surface area contributed by atoms with E-state index in [0.717, 1.165) is 25.8 Å². The van der Waals surface area contributed by atoms with Crippen LogP contribution in [-0.4, -0.2) is 37.2 Å². The molecule has 0 bridgehead atoms. The minimum Gasteiger partial charge on any atom is -0.383 e. The van der Waals surface area contributed by atoms with E-state index in [2.05, 4.69) is 10.3 Å². The molecule has 1 heterocycles. The standard InChI is InChI=1S/C15H26N4OS/c1-11(10-20-2)18-15(16)17-9-5-8-14-19-12-6-3-4-7-13(12)21-14/h11H,3-10H2,1-2H3,(H3,16,17,18). The van der Waals surface area contributed by atoms with Crippen molar-refractivity contribution in [2.45, 2.75) is 51.5 Å². The van der Waals surface area contributed by atoms with E-state index in [-0.39, 0.29) is 6.04 Å². The zero-order valence-corrected chi connectivity index (χ0v) is 13.8. The van der Waals surface area contributed by atoms with Crippen molar-refractivity contribution in [3.63, 3.8) is 0 Å². The van der Waals surface area contributed by atoms with E-state index in [1.165, 1.54) is 34.8 Å². The number of rotatable bonds is 7. The smallest absolute Gasteiger partial charge is 0.188 e. The van der Waals surface area contributed by atoms with Crippen molar-refractivity contribution < 1.29 is 4.74 Å². The fraction of sp³-hybridized carbons (Fsp3) is 0.733. The van der Waals surface area contributed by atoms with Gasteiger partial charge in [0.2, 0.25) is 0 Å². The molecule has 1 aromatic rings. The Balaban J connectivity index is 1.70. The van der Waals surface area contributed by atoms with Gasteiger partial charge in [0.15, 0.2) is 5.96 Å². The zero-order chi connectivity index (χ0) is 15.1. The quantitative estimate of drug-likeness (QED) is 0.458. The second-order valence-electron chi connectivity index (χ2n) is 5.56. The molecular formula is C15H26N4OS. The van der Waals surface area contributed by atoms with Crippen LogP contribution < -0.4 is 11.1 Å². The largest absolute Gasteiger partial charge is 0.383 e. The van der Waals surface area contributed by atoms with Gasteiger partial charge in [-0.1, -0.05) is 0 Å². The highest BCUT2D eigenvalue weighted by molar-refractivity contribution is 7.11. The number of guanidine groups is 1. The molecule has 3 N–H and O–H groups in total. The molecule has 0 radical (unpaired) electrons. The molecule has 0 aliphatic heterocycles. The number of hydrogen-bond acceptors (Lipinski definition) is 4. The van der Waals surface area contributed by atoms with Gasteiger partial charge in [0, 0.05) is 31.0 Å². The van der Waals surface area contributed by atoms with Crippen molar-refractivity contribution in [3.05, 3.63) is 15.6 Å². The molecule has 0 fully saturated rings. The molecule has 1 aromatic heterocycles. The Morgan fingerprint density at radius 1 is 1.48 bits per heavy atom.